The van der Waals surface area contributed by atoms with E-state index in [0.717, 1.165) is 27.5 Å². The average molecular weight is 389 g/mol. The number of aryl methyl sites for hydroxylation is 1. The lowest BCUT2D eigenvalue weighted by Gasteiger charge is -2.26. The van der Waals surface area contributed by atoms with Gasteiger partial charge >= 0.3 is 0 Å². The molecule has 0 unspecified atom stereocenters. The van der Waals surface area contributed by atoms with Gasteiger partial charge < -0.3 is 5.32 Å². The number of hydrogen-bond donors (Lipinski definition) is 1. The molecule has 1 aliphatic rings. The largest absolute Gasteiger partial charge is 0.351 e. The molecule has 2 nitrogen and oxygen atoms in total. The lowest BCUT2D eigenvalue weighted by molar-refractivity contribution is 0.0934. The lowest BCUT2D eigenvalue weighted by Crippen LogP contribution is -2.37. The van der Waals surface area contributed by atoms with Crippen molar-refractivity contribution in [1.82, 2.24) is 5.32 Å². The van der Waals surface area contributed by atoms with Gasteiger partial charge in [-0.05, 0) is 52.7 Å². The monoisotopic (exact) mass is 387 g/mol. The Bertz CT molecular complexity index is 467. The van der Waals surface area contributed by atoms with Crippen LogP contribution in [0.3, 0.4) is 0 Å². The van der Waals surface area contributed by atoms with Gasteiger partial charge in [-0.3, -0.25) is 4.79 Å². The molecule has 1 fully saturated rings. The second kappa shape index (κ2) is 6.40. The summed E-state index contributed by atoms with van der Waals surface area (Å²) in [5.74, 6) is 0.0165. The molecule has 1 aromatic carbocycles. The molecule has 0 aromatic heterocycles. The van der Waals surface area contributed by atoms with E-state index in [0.29, 0.717) is 0 Å². The zero-order valence-corrected chi connectivity index (χ0v) is 14.3. The number of nitrogens with one attached hydrogen (secondary N) is 1. The fourth-order valence-corrected chi connectivity index (χ4v) is 3.87. The van der Waals surface area contributed by atoms with Crippen molar-refractivity contribution in [2.24, 2.45) is 5.41 Å². The molecule has 1 saturated carbocycles. The molecule has 0 bridgehead atoms. The van der Waals surface area contributed by atoms with E-state index in [1.165, 1.54) is 25.7 Å². The fourth-order valence-electron chi connectivity index (χ4n) is 2.67. The van der Waals surface area contributed by atoms with E-state index < -0.39 is 0 Å². The summed E-state index contributed by atoms with van der Waals surface area (Å²) in [6.45, 7) is 2.76. The van der Waals surface area contributed by atoms with Crippen molar-refractivity contribution in [3.05, 3.63) is 33.8 Å². The van der Waals surface area contributed by atoms with Gasteiger partial charge in [0.2, 0.25) is 0 Å². The van der Waals surface area contributed by atoms with Crippen LogP contribution in [0.25, 0.3) is 0 Å². The van der Waals surface area contributed by atoms with Crippen LogP contribution in [0.1, 0.15) is 41.6 Å². The molecule has 1 amide bonds. The number of halogens is 2. The first-order chi connectivity index (χ1) is 9.08. The fraction of sp³-hybridized carbons (Fsp3) is 0.533. The van der Waals surface area contributed by atoms with E-state index in [-0.39, 0.29) is 11.3 Å². The lowest BCUT2D eigenvalue weighted by atomic mass is 9.89. The maximum Gasteiger partial charge on any atom is 0.252 e. The molecule has 104 valence electrons. The van der Waals surface area contributed by atoms with Gasteiger partial charge in [0.05, 0.1) is 5.56 Å². The maximum absolute atomic E-state index is 12.3. The van der Waals surface area contributed by atoms with E-state index in [1.54, 1.807) is 0 Å². The van der Waals surface area contributed by atoms with Gasteiger partial charge in [0.15, 0.2) is 0 Å². The second-order valence-electron chi connectivity index (χ2n) is 5.46. The van der Waals surface area contributed by atoms with Crippen LogP contribution in [0.2, 0.25) is 0 Å². The smallest absolute Gasteiger partial charge is 0.252 e. The van der Waals surface area contributed by atoms with Crippen molar-refractivity contribution in [2.45, 2.75) is 32.6 Å². The Morgan fingerprint density at radius 3 is 2.68 bits per heavy atom. The molecule has 2 rings (SSSR count). The molecule has 4 heteroatoms. The van der Waals surface area contributed by atoms with Gasteiger partial charge in [-0.2, -0.15) is 0 Å². The van der Waals surface area contributed by atoms with Crippen LogP contribution in [0.4, 0.5) is 0 Å². The highest BCUT2D eigenvalue weighted by Gasteiger charge is 2.33. The van der Waals surface area contributed by atoms with Crippen LogP contribution in [0, 0.1) is 12.3 Å². The summed E-state index contributed by atoms with van der Waals surface area (Å²) in [5, 5.41) is 4.07. The number of benzene rings is 1. The Morgan fingerprint density at radius 2 is 2.05 bits per heavy atom. The molecular formula is C15H19Br2NO. The predicted molar refractivity (Wildman–Crippen MR) is 85.9 cm³/mol. The normalized spacial score (nSPS) is 17.4. The predicted octanol–water partition coefficient (Wildman–Crippen LogP) is 4.44. The van der Waals surface area contributed by atoms with Gasteiger partial charge in [-0.1, -0.05) is 40.9 Å². The highest BCUT2D eigenvalue weighted by Crippen LogP contribution is 2.39. The molecule has 0 radical (unpaired) electrons. The third-order valence-corrected chi connectivity index (χ3v) is 6.25. The van der Waals surface area contributed by atoms with Gasteiger partial charge in [0.1, 0.15) is 0 Å². The minimum Gasteiger partial charge on any atom is -0.351 e. The Kier molecular flexibility index (Phi) is 5.07. The Balaban J connectivity index is 2.03. The van der Waals surface area contributed by atoms with Crippen molar-refractivity contribution in [1.29, 1.82) is 0 Å². The Labute approximate surface area is 131 Å². The van der Waals surface area contributed by atoms with E-state index >= 15 is 0 Å². The summed E-state index contributed by atoms with van der Waals surface area (Å²) < 4.78 is 0.895. The van der Waals surface area contributed by atoms with E-state index in [2.05, 4.69) is 37.2 Å². The highest BCUT2D eigenvalue weighted by atomic mass is 79.9. The summed E-state index contributed by atoms with van der Waals surface area (Å²) in [6.07, 6.45) is 4.95. The quantitative estimate of drug-likeness (QED) is 0.758. The first-order valence-electron chi connectivity index (χ1n) is 6.67. The number of amides is 1. The van der Waals surface area contributed by atoms with E-state index in [4.69, 9.17) is 0 Å². The van der Waals surface area contributed by atoms with Crippen LogP contribution in [0.15, 0.2) is 22.7 Å². The standard InChI is InChI=1S/C15H19Br2NO/c1-11-5-4-6-12(13(11)17)14(19)18-10-15(9-16)7-2-3-8-15/h4-6H,2-3,7-10H2,1H3,(H,18,19). The van der Waals surface area contributed by atoms with Crippen LogP contribution >= 0.6 is 31.9 Å². The number of alkyl halides is 1. The number of carbonyl (C=O) groups is 1. The first kappa shape index (κ1) is 15.0. The summed E-state index contributed by atoms with van der Waals surface area (Å²) in [7, 11) is 0. The minimum absolute atomic E-state index is 0.0165. The molecule has 0 heterocycles. The van der Waals surface area contributed by atoms with Gasteiger partial charge in [-0.25, -0.2) is 0 Å². The minimum atomic E-state index is 0.0165. The average Bonchev–Trinajstić information content (AvgIpc) is 2.89. The van der Waals surface area contributed by atoms with Crippen LogP contribution < -0.4 is 5.32 Å². The zero-order valence-electron chi connectivity index (χ0n) is 11.1. The number of rotatable bonds is 4. The molecule has 1 aliphatic carbocycles. The van der Waals surface area contributed by atoms with Gasteiger partial charge in [-0.15, -0.1) is 0 Å². The molecule has 1 aromatic rings. The number of hydrogen-bond acceptors (Lipinski definition) is 1. The molecule has 0 spiro atoms. The topological polar surface area (TPSA) is 29.1 Å². The van der Waals surface area contributed by atoms with Crippen LogP contribution in [-0.2, 0) is 0 Å². The SMILES string of the molecule is Cc1cccc(C(=O)NCC2(CBr)CCCC2)c1Br. The van der Waals surface area contributed by atoms with Crippen molar-refractivity contribution >= 4 is 37.8 Å². The summed E-state index contributed by atoms with van der Waals surface area (Å²) in [5.41, 5.74) is 2.07. The van der Waals surface area contributed by atoms with Gasteiger partial charge in [0, 0.05) is 16.3 Å². The second-order valence-corrected chi connectivity index (χ2v) is 6.81. The van der Waals surface area contributed by atoms with Gasteiger partial charge in [0.25, 0.3) is 5.91 Å². The third-order valence-electron chi connectivity index (χ3n) is 4.01. The summed E-state index contributed by atoms with van der Waals surface area (Å²) in [4.78, 5) is 12.3. The molecule has 1 N–H and O–H groups in total. The van der Waals surface area contributed by atoms with Crippen molar-refractivity contribution < 1.29 is 4.79 Å². The Hall–Kier alpha value is -0.350. The Morgan fingerprint density at radius 1 is 1.37 bits per heavy atom. The molecular weight excluding hydrogens is 370 g/mol. The molecule has 0 aliphatic heterocycles. The van der Waals surface area contributed by atoms with Crippen LogP contribution in [-0.4, -0.2) is 17.8 Å². The van der Waals surface area contributed by atoms with Crippen LogP contribution in [0.5, 0.6) is 0 Å². The van der Waals surface area contributed by atoms with E-state index in [1.807, 2.05) is 25.1 Å². The molecule has 0 saturated heterocycles. The number of carbonyl (C=O) groups excluding carboxylic acids is 1. The molecule has 19 heavy (non-hydrogen) atoms. The van der Waals surface area contributed by atoms with Crippen molar-refractivity contribution in [2.75, 3.05) is 11.9 Å². The van der Waals surface area contributed by atoms with E-state index in [9.17, 15) is 4.79 Å². The zero-order chi connectivity index (χ0) is 13.9. The summed E-state index contributed by atoms with van der Waals surface area (Å²) >= 11 is 7.10. The highest BCUT2D eigenvalue weighted by molar-refractivity contribution is 9.10. The molecule has 0 atom stereocenters. The first-order valence-corrected chi connectivity index (χ1v) is 8.59. The maximum atomic E-state index is 12.3. The third kappa shape index (κ3) is 3.40. The van der Waals surface area contributed by atoms with Crippen molar-refractivity contribution in [3.8, 4) is 0 Å². The van der Waals surface area contributed by atoms with Crippen molar-refractivity contribution in [3.63, 3.8) is 0 Å². The summed E-state index contributed by atoms with van der Waals surface area (Å²) in [6, 6.07) is 5.78.